The van der Waals surface area contributed by atoms with Crippen molar-refractivity contribution in [3.63, 3.8) is 0 Å². The molecule has 0 radical (unpaired) electrons. The molecule has 3 aliphatic rings. The van der Waals surface area contributed by atoms with E-state index in [1.165, 1.54) is 64.2 Å². The summed E-state index contributed by atoms with van der Waals surface area (Å²) in [6, 6.07) is 1.15. The summed E-state index contributed by atoms with van der Waals surface area (Å²) in [5.41, 5.74) is 0. The SMILES string of the molecule is C=C(NC1CCCCC1)N(C(=C)N1CCOCC1)C1CCCCC1. The highest BCUT2D eigenvalue weighted by Gasteiger charge is 2.29. The van der Waals surface area contributed by atoms with Gasteiger partial charge in [-0.2, -0.15) is 0 Å². The van der Waals surface area contributed by atoms with Crippen molar-refractivity contribution in [3.8, 4) is 0 Å². The lowest BCUT2D eigenvalue weighted by Crippen LogP contribution is -2.49. The Morgan fingerprint density at radius 3 is 2.08 bits per heavy atom. The van der Waals surface area contributed by atoms with Gasteiger partial charge in [-0.25, -0.2) is 0 Å². The molecule has 1 N–H and O–H groups in total. The van der Waals surface area contributed by atoms with Crippen LogP contribution in [0.3, 0.4) is 0 Å². The van der Waals surface area contributed by atoms with E-state index in [2.05, 4.69) is 28.3 Å². The molecule has 0 bridgehead atoms. The molecule has 1 saturated heterocycles. The zero-order valence-corrected chi connectivity index (χ0v) is 15.3. The fourth-order valence-corrected chi connectivity index (χ4v) is 4.45. The van der Waals surface area contributed by atoms with Crippen LogP contribution in [0, 0.1) is 0 Å². The summed E-state index contributed by atoms with van der Waals surface area (Å²) in [4.78, 5) is 4.81. The van der Waals surface area contributed by atoms with E-state index in [1.54, 1.807) is 0 Å². The second-order valence-electron chi connectivity index (χ2n) is 7.60. The van der Waals surface area contributed by atoms with Gasteiger partial charge in [-0.1, -0.05) is 51.7 Å². The van der Waals surface area contributed by atoms with Crippen LogP contribution < -0.4 is 5.32 Å². The highest BCUT2D eigenvalue weighted by Crippen LogP contribution is 2.29. The molecule has 2 saturated carbocycles. The first-order valence-corrected chi connectivity index (χ1v) is 10.0. The molecule has 0 amide bonds. The first-order chi connectivity index (χ1) is 11.8. The molecule has 0 aromatic heterocycles. The van der Waals surface area contributed by atoms with Gasteiger partial charge in [0, 0.05) is 25.2 Å². The van der Waals surface area contributed by atoms with Gasteiger partial charge in [0.05, 0.1) is 19.0 Å². The fraction of sp³-hybridized carbons (Fsp3) is 0.800. The maximum atomic E-state index is 5.52. The van der Waals surface area contributed by atoms with Crippen LogP contribution in [0.2, 0.25) is 0 Å². The zero-order valence-electron chi connectivity index (χ0n) is 15.3. The van der Waals surface area contributed by atoms with Gasteiger partial charge in [0.1, 0.15) is 5.82 Å². The van der Waals surface area contributed by atoms with Crippen molar-refractivity contribution in [3.05, 3.63) is 24.8 Å². The van der Waals surface area contributed by atoms with Crippen molar-refractivity contribution in [1.82, 2.24) is 15.1 Å². The summed E-state index contributed by atoms with van der Waals surface area (Å²) in [6.45, 7) is 12.4. The van der Waals surface area contributed by atoms with Crippen molar-refractivity contribution in [2.24, 2.45) is 0 Å². The molecule has 1 heterocycles. The van der Waals surface area contributed by atoms with E-state index in [0.29, 0.717) is 12.1 Å². The number of nitrogens with one attached hydrogen (secondary N) is 1. The first kappa shape index (κ1) is 17.7. The van der Waals surface area contributed by atoms with Crippen molar-refractivity contribution in [2.45, 2.75) is 76.3 Å². The van der Waals surface area contributed by atoms with Gasteiger partial charge in [-0.3, -0.25) is 0 Å². The van der Waals surface area contributed by atoms with Gasteiger partial charge in [0.15, 0.2) is 0 Å². The lowest BCUT2D eigenvalue weighted by molar-refractivity contribution is 0.0337. The largest absolute Gasteiger partial charge is 0.378 e. The minimum Gasteiger partial charge on any atom is -0.378 e. The normalized spacial score (nSPS) is 23.8. The molecule has 1 aliphatic heterocycles. The van der Waals surface area contributed by atoms with Crippen LogP contribution >= 0.6 is 0 Å². The molecule has 4 nitrogen and oxygen atoms in total. The molecule has 0 aromatic rings. The van der Waals surface area contributed by atoms with Crippen molar-refractivity contribution in [1.29, 1.82) is 0 Å². The molecule has 136 valence electrons. The Morgan fingerprint density at radius 2 is 1.46 bits per heavy atom. The summed E-state index contributed by atoms with van der Waals surface area (Å²) in [5, 5.41) is 3.75. The van der Waals surface area contributed by atoms with Gasteiger partial charge < -0.3 is 19.9 Å². The van der Waals surface area contributed by atoms with E-state index in [0.717, 1.165) is 37.9 Å². The number of hydrogen-bond acceptors (Lipinski definition) is 4. The molecule has 0 atom stereocenters. The number of rotatable bonds is 6. The van der Waals surface area contributed by atoms with E-state index in [1.807, 2.05) is 0 Å². The van der Waals surface area contributed by atoms with E-state index in [9.17, 15) is 0 Å². The fourth-order valence-electron chi connectivity index (χ4n) is 4.45. The predicted molar refractivity (Wildman–Crippen MR) is 99.4 cm³/mol. The maximum absolute atomic E-state index is 5.52. The average Bonchev–Trinajstić information content (AvgIpc) is 2.64. The predicted octanol–water partition coefficient (Wildman–Crippen LogP) is 3.82. The molecule has 3 fully saturated rings. The van der Waals surface area contributed by atoms with Gasteiger partial charge in [-0.05, 0) is 25.7 Å². The minimum atomic E-state index is 0.553. The van der Waals surface area contributed by atoms with Crippen molar-refractivity contribution < 1.29 is 4.74 Å². The number of nitrogens with zero attached hydrogens (tertiary/aromatic N) is 2. The molecule has 0 spiro atoms. The van der Waals surface area contributed by atoms with Gasteiger partial charge in [0.25, 0.3) is 0 Å². The highest BCUT2D eigenvalue weighted by atomic mass is 16.5. The number of morpholine rings is 1. The Bertz CT molecular complexity index is 419. The molecule has 2 aliphatic carbocycles. The van der Waals surface area contributed by atoms with Crippen LogP contribution in [0.4, 0.5) is 0 Å². The summed E-state index contributed by atoms with van der Waals surface area (Å²) < 4.78 is 5.52. The van der Waals surface area contributed by atoms with E-state index >= 15 is 0 Å². The number of hydrogen-bond donors (Lipinski definition) is 1. The van der Waals surface area contributed by atoms with Crippen LogP contribution in [0.5, 0.6) is 0 Å². The van der Waals surface area contributed by atoms with Crippen LogP contribution in [0.15, 0.2) is 24.8 Å². The summed E-state index contributed by atoms with van der Waals surface area (Å²) in [5.74, 6) is 2.20. The highest BCUT2D eigenvalue weighted by molar-refractivity contribution is 5.10. The third-order valence-corrected chi connectivity index (χ3v) is 5.86. The van der Waals surface area contributed by atoms with E-state index < -0.39 is 0 Å². The first-order valence-electron chi connectivity index (χ1n) is 10.0. The lowest BCUT2D eigenvalue weighted by atomic mass is 9.93. The van der Waals surface area contributed by atoms with E-state index in [4.69, 9.17) is 4.74 Å². The van der Waals surface area contributed by atoms with Crippen molar-refractivity contribution in [2.75, 3.05) is 26.3 Å². The molecular weight excluding hydrogens is 298 g/mol. The Labute approximate surface area is 147 Å². The van der Waals surface area contributed by atoms with Crippen LogP contribution in [0.25, 0.3) is 0 Å². The van der Waals surface area contributed by atoms with Gasteiger partial charge in [-0.15, -0.1) is 0 Å². The summed E-state index contributed by atoms with van der Waals surface area (Å²) in [7, 11) is 0. The molecule has 0 aromatic carbocycles. The molecule has 24 heavy (non-hydrogen) atoms. The number of ether oxygens (including phenoxy) is 1. The van der Waals surface area contributed by atoms with Crippen LogP contribution in [0.1, 0.15) is 64.2 Å². The monoisotopic (exact) mass is 333 g/mol. The Hall–Kier alpha value is -1.16. The standard InChI is InChI=1S/C20H35N3O/c1-17(21-19-9-5-3-6-10-19)23(20-11-7-4-8-12-20)18(2)22-13-15-24-16-14-22/h19-21H,1-16H2. The average molecular weight is 334 g/mol. The molecule has 4 heteroatoms. The van der Waals surface area contributed by atoms with Crippen molar-refractivity contribution >= 4 is 0 Å². The van der Waals surface area contributed by atoms with Gasteiger partial charge >= 0.3 is 0 Å². The summed E-state index contributed by atoms with van der Waals surface area (Å²) in [6.07, 6.45) is 13.2. The molecule has 0 unspecified atom stereocenters. The Morgan fingerprint density at radius 1 is 0.875 bits per heavy atom. The summed E-state index contributed by atoms with van der Waals surface area (Å²) >= 11 is 0. The third kappa shape index (κ3) is 4.47. The Kier molecular flexibility index (Phi) is 6.47. The molecule has 3 rings (SSSR count). The smallest absolute Gasteiger partial charge is 0.102 e. The second kappa shape index (κ2) is 8.80. The lowest BCUT2D eigenvalue weighted by Gasteiger charge is -2.44. The second-order valence-corrected chi connectivity index (χ2v) is 7.60. The maximum Gasteiger partial charge on any atom is 0.102 e. The Balaban J connectivity index is 1.67. The van der Waals surface area contributed by atoms with E-state index in [-0.39, 0.29) is 0 Å². The minimum absolute atomic E-state index is 0.553. The molecular formula is C20H35N3O. The zero-order chi connectivity index (χ0) is 16.8. The van der Waals surface area contributed by atoms with Crippen LogP contribution in [-0.2, 0) is 4.74 Å². The third-order valence-electron chi connectivity index (χ3n) is 5.86. The van der Waals surface area contributed by atoms with Crippen LogP contribution in [-0.4, -0.2) is 48.2 Å². The quantitative estimate of drug-likeness (QED) is 0.800. The van der Waals surface area contributed by atoms with Gasteiger partial charge in [0.2, 0.25) is 0 Å². The topological polar surface area (TPSA) is 27.7 Å².